The Bertz CT molecular complexity index is 466. The zero-order chi connectivity index (χ0) is 20.6. The Morgan fingerprint density at radius 1 is 1.11 bits per heavy atom. The molecule has 1 aliphatic carbocycles. The summed E-state index contributed by atoms with van der Waals surface area (Å²) in [7, 11) is 0. The Hall–Kier alpha value is -1.30. The van der Waals surface area contributed by atoms with Crippen molar-refractivity contribution in [1.82, 2.24) is 5.32 Å². The van der Waals surface area contributed by atoms with Crippen molar-refractivity contribution >= 4 is 12.1 Å². The number of ether oxygens (including phenoxy) is 1. The predicted molar refractivity (Wildman–Crippen MR) is 106 cm³/mol. The molecule has 0 spiro atoms. The number of rotatable bonds is 9. The van der Waals surface area contributed by atoms with Gasteiger partial charge in [0.2, 0.25) is 0 Å². The molecular formula is C21H39NO5. The highest BCUT2D eigenvalue weighted by atomic mass is 16.6. The van der Waals surface area contributed by atoms with Gasteiger partial charge in [-0.1, -0.05) is 46.0 Å². The number of carboxylic acids is 1. The first-order valence-electron chi connectivity index (χ1n) is 10.4. The van der Waals surface area contributed by atoms with Crippen LogP contribution in [0.5, 0.6) is 0 Å². The molecule has 0 bridgehead atoms. The zero-order valence-electron chi connectivity index (χ0n) is 17.7. The Kier molecular flexibility index (Phi) is 9.57. The van der Waals surface area contributed by atoms with Gasteiger partial charge in [0.1, 0.15) is 5.60 Å². The highest BCUT2D eigenvalue weighted by Crippen LogP contribution is 2.29. The summed E-state index contributed by atoms with van der Waals surface area (Å²) in [5, 5.41) is 23.1. The molecule has 0 radical (unpaired) electrons. The number of aliphatic carboxylic acids is 1. The maximum Gasteiger partial charge on any atom is 0.407 e. The minimum Gasteiger partial charge on any atom is -0.481 e. The number of aliphatic hydroxyl groups is 1. The quantitative estimate of drug-likeness (QED) is 0.548. The third-order valence-electron chi connectivity index (χ3n) is 5.11. The van der Waals surface area contributed by atoms with E-state index in [9.17, 15) is 19.8 Å². The summed E-state index contributed by atoms with van der Waals surface area (Å²) < 4.78 is 5.35. The molecule has 6 heteroatoms. The van der Waals surface area contributed by atoms with Crippen LogP contribution in [-0.4, -0.2) is 40.0 Å². The van der Waals surface area contributed by atoms with Crippen LogP contribution in [0.1, 0.15) is 86.0 Å². The van der Waals surface area contributed by atoms with E-state index in [2.05, 4.69) is 5.32 Å². The normalized spacial score (nSPS) is 19.4. The van der Waals surface area contributed by atoms with Gasteiger partial charge in [0.25, 0.3) is 0 Å². The molecule has 1 amide bonds. The summed E-state index contributed by atoms with van der Waals surface area (Å²) in [4.78, 5) is 23.8. The van der Waals surface area contributed by atoms with Gasteiger partial charge in [-0.2, -0.15) is 0 Å². The van der Waals surface area contributed by atoms with E-state index in [1.54, 1.807) is 20.8 Å². The topological polar surface area (TPSA) is 95.9 Å². The van der Waals surface area contributed by atoms with E-state index < -0.39 is 35.7 Å². The number of alkyl carbamates (subject to hydrolysis) is 1. The molecular weight excluding hydrogens is 346 g/mol. The van der Waals surface area contributed by atoms with Gasteiger partial charge in [0.05, 0.1) is 18.1 Å². The highest BCUT2D eigenvalue weighted by Gasteiger charge is 2.31. The minimum absolute atomic E-state index is 0.140. The van der Waals surface area contributed by atoms with E-state index in [-0.39, 0.29) is 12.3 Å². The lowest BCUT2D eigenvalue weighted by Crippen LogP contribution is -2.47. The monoisotopic (exact) mass is 385 g/mol. The Labute approximate surface area is 164 Å². The lowest BCUT2D eigenvalue weighted by atomic mass is 9.82. The smallest absolute Gasteiger partial charge is 0.407 e. The molecule has 1 rings (SSSR count). The van der Waals surface area contributed by atoms with E-state index in [1.165, 1.54) is 19.3 Å². The largest absolute Gasteiger partial charge is 0.481 e. The van der Waals surface area contributed by atoms with E-state index in [0.717, 1.165) is 12.8 Å². The number of hydrogen-bond donors (Lipinski definition) is 3. The van der Waals surface area contributed by atoms with Crippen molar-refractivity contribution in [3.8, 4) is 0 Å². The summed E-state index contributed by atoms with van der Waals surface area (Å²) in [5.74, 6) is -0.832. The fraction of sp³-hybridized carbons (Fsp3) is 0.905. The average Bonchev–Trinajstić information content (AvgIpc) is 2.52. The number of carbonyl (C=O) groups is 2. The number of carbonyl (C=O) groups excluding carboxylic acids is 1. The lowest BCUT2D eigenvalue weighted by Gasteiger charge is -2.32. The maximum absolute atomic E-state index is 12.3. The van der Waals surface area contributed by atoms with Crippen molar-refractivity contribution in [3.63, 3.8) is 0 Å². The molecule has 3 atom stereocenters. The SMILES string of the molecule is CC(C)C[C@H](C[C@H](O)[C@H](CC1CCCCC1)NC(=O)OC(C)(C)C)C(=O)O. The first-order chi connectivity index (χ1) is 12.5. The first-order valence-corrected chi connectivity index (χ1v) is 10.4. The second-order valence-corrected chi connectivity index (χ2v) is 9.46. The molecule has 158 valence electrons. The van der Waals surface area contributed by atoms with Crippen molar-refractivity contribution in [2.45, 2.75) is 104 Å². The van der Waals surface area contributed by atoms with Gasteiger partial charge in [0.15, 0.2) is 0 Å². The van der Waals surface area contributed by atoms with Gasteiger partial charge in [-0.3, -0.25) is 4.79 Å². The second kappa shape index (κ2) is 10.9. The number of amides is 1. The third kappa shape index (κ3) is 9.99. The maximum atomic E-state index is 12.3. The summed E-state index contributed by atoms with van der Waals surface area (Å²) >= 11 is 0. The van der Waals surface area contributed by atoms with Gasteiger partial charge in [-0.25, -0.2) is 4.79 Å². The minimum atomic E-state index is -0.903. The molecule has 0 aromatic carbocycles. The fourth-order valence-electron chi connectivity index (χ4n) is 3.88. The average molecular weight is 386 g/mol. The fourth-order valence-corrected chi connectivity index (χ4v) is 3.88. The van der Waals surface area contributed by atoms with Crippen LogP contribution in [0.2, 0.25) is 0 Å². The van der Waals surface area contributed by atoms with Gasteiger partial charge >= 0.3 is 12.1 Å². The van der Waals surface area contributed by atoms with Crippen molar-refractivity contribution in [2.75, 3.05) is 0 Å². The van der Waals surface area contributed by atoms with E-state index in [0.29, 0.717) is 18.8 Å². The Balaban J connectivity index is 2.79. The number of carboxylic acid groups (broad SMARTS) is 1. The molecule has 0 saturated heterocycles. The second-order valence-electron chi connectivity index (χ2n) is 9.46. The molecule has 3 N–H and O–H groups in total. The summed E-state index contributed by atoms with van der Waals surface area (Å²) in [6.45, 7) is 9.33. The van der Waals surface area contributed by atoms with Crippen LogP contribution >= 0.6 is 0 Å². The number of aliphatic hydroxyl groups excluding tert-OH is 1. The van der Waals surface area contributed by atoms with Crippen LogP contribution in [0, 0.1) is 17.8 Å². The molecule has 0 unspecified atom stereocenters. The molecule has 0 aliphatic heterocycles. The number of hydrogen-bond acceptors (Lipinski definition) is 4. The van der Waals surface area contributed by atoms with Crippen LogP contribution in [0.15, 0.2) is 0 Å². The van der Waals surface area contributed by atoms with E-state index in [4.69, 9.17) is 4.74 Å². The molecule has 6 nitrogen and oxygen atoms in total. The van der Waals surface area contributed by atoms with Crippen LogP contribution in [0.3, 0.4) is 0 Å². The molecule has 0 heterocycles. The highest BCUT2D eigenvalue weighted by molar-refractivity contribution is 5.70. The van der Waals surface area contributed by atoms with Crippen LogP contribution < -0.4 is 5.32 Å². The Morgan fingerprint density at radius 2 is 1.70 bits per heavy atom. The van der Waals surface area contributed by atoms with Crippen molar-refractivity contribution < 1.29 is 24.5 Å². The molecule has 1 fully saturated rings. The standard InChI is InChI=1S/C21H39NO5/c1-14(2)11-16(19(24)25)13-18(23)17(12-15-9-7-6-8-10-15)22-20(26)27-21(3,4)5/h14-18,23H,6-13H2,1-5H3,(H,22,26)(H,24,25)/t16-,17+,18+/m1/s1. The van der Waals surface area contributed by atoms with Gasteiger partial charge in [-0.15, -0.1) is 0 Å². The zero-order valence-corrected chi connectivity index (χ0v) is 17.7. The third-order valence-corrected chi connectivity index (χ3v) is 5.11. The van der Waals surface area contributed by atoms with E-state index >= 15 is 0 Å². The molecule has 27 heavy (non-hydrogen) atoms. The first kappa shape index (κ1) is 23.7. The number of nitrogens with one attached hydrogen (secondary N) is 1. The summed E-state index contributed by atoms with van der Waals surface area (Å²) in [6, 6.07) is -0.489. The Morgan fingerprint density at radius 3 is 2.19 bits per heavy atom. The van der Waals surface area contributed by atoms with Crippen LogP contribution in [0.4, 0.5) is 4.79 Å². The predicted octanol–water partition coefficient (Wildman–Crippen LogP) is 4.35. The van der Waals surface area contributed by atoms with Gasteiger partial charge in [0, 0.05) is 0 Å². The molecule has 0 aromatic rings. The van der Waals surface area contributed by atoms with Crippen LogP contribution in [0.25, 0.3) is 0 Å². The van der Waals surface area contributed by atoms with Crippen molar-refractivity contribution in [2.24, 2.45) is 17.8 Å². The lowest BCUT2D eigenvalue weighted by molar-refractivity contribution is -0.143. The van der Waals surface area contributed by atoms with Crippen molar-refractivity contribution in [3.05, 3.63) is 0 Å². The molecule has 0 aromatic heterocycles. The van der Waals surface area contributed by atoms with Crippen LogP contribution in [-0.2, 0) is 9.53 Å². The summed E-state index contributed by atoms with van der Waals surface area (Å²) in [5.41, 5.74) is -0.619. The molecule has 1 saturated carbocycles. The summed E-state index contributed by atoms with van der Waals surface area (Å²) in [6.07, 6.45) is 5.61. The van der Waals surface area contributed by atoms with E-state index in [1.807, 2.05) is 13.8 Å². The molecule has 1 aliphatic rings. The van der Waals surface area contributed by atoms with Gasteiger partial charge < -0.3 is 20.3 Å². The van der Waals surface area contributed by atoms with Crippen molar-refractivity contribution in [1.29, 1.82) is 0 Å². The van der Waals surface area contributed by atoms with Gasteiger partial charge in [-0.05, 0) is 51.9 Å².